The monoisotopic (exact) mass is 999 g/mol. The average molecular weight is 1000 g/mol. The number of carbonyl (C=O) groups is 2. The molecule has 0 bridgehead atoms. The highest BCUT2D eigenvalue weighted by Gasteiger charge is 2.27. The van der Waals surface area contributed by atoms with E-state index in [9.17, 15) is 19.0 Å². The van der Waals surface area contributed by atoms with E-state index in [2.05, 4.69) is 26.0 Å². The van der Waals surface area contributed by atoms with E-state index in [-0.39, 0.29) is 25.6 Å². The first-order valence-corrected chi connectivity index (χ1v) is 31.4. The van der Waals surface area contributed by atoms with E-state index in [1.807, 2.05) is 21.1 Å². The number of hydrogen-bond acceptors (Lipinski definition) is 7. The zero-order chi connectivity index (χ0) is 50.6. The lowest BCUT2D eigenvalue weighted by atomic mass is 10.0. The molecule has 0 heterocycles. The predicted molar refractivity (Wildman–Crippen MR) is 294 cm³/mol. The molecule has 0 fully saturated rings. The molecule has 2 unspecified atom stereocenters. The maximum atomic E-state index is 12.8. The number of allylic oxidation sites excluding steroid dienone is 2. The summed E-state index contributed by atoms with van der Waals surface area (Å²) < 4.78 is 34.6. The Bertz CT molecular complexity index is 1180. The molecule has 0 aliphatic carbocycles. The topological polar surface area (TPSA) is 108 Å². The molecule has 69 heavy (non-hydrogen) atoms. The lowest BCUT2D eigenvalue weighted by Crippen LogP contribution is -2.37. The number of likely N-dealkylation sites (N-methyl/N-ethyl adjacent to an activating group) is 1. The summed E-state index contributed by atoms with van der Waals surface area (Å²) in [5.74, 6) is -0.777. The molecule has 0 saturated carbocycles. The molecule has 0 radical (unpaired) electrons. The van der Waals surface area contributed by atoms with Gasteiger partial charge in [0.1, 0.15) is 19.8 Å². The minimum Gasteiger partial charge on any atom is -0.462 e. The number of phosphoric acid groups is 1. The maximum absolute atomic E-state index is 12.8. The highest BCUT2D eigenvalue weighted by Crippen LogP contribution is 2.43. The standard InChI is InChI=1S/C59H116NO8P/c1-6-8-10-12-14-16-18-20-22-24-26-27-28-29-30-31-32-33-34-36-38-40-42-44-46-48-50-52-59(62)68-57(56-67-69(63,64)66-54-53-60(3,4)5)55-65-58(61)51-49-47-45-43-41-39-37-35-25-23-21-19-17-15-13-11-9-7-2/h24,26,57H,6-23,25,27-56H2,1-5H3/p+1/b26-24-. The first-order chi connectivity index (χ1) is 33.5. The molecule has 1 N–H and O–H groups in total. The third-order valence-corrected chi connectivity index (χ3v) is 14.5. The van der Waals surface area contributed by atoms with Crippen molar-refractivity contribution in [3.63, 3.8) is 0 Å². The van der Waals surface area contributed by atoms with Crippen LogP contribution in [0.2, 0.25) is 0 Å². The van der Waals surface area contributed by atoms with Crippen molar-refractivity contribution in [1.82, 2.24) is 0 Å². The van der Waals surface area contributed by atoms with Crippen LogP contribution in [0, 0.1) is 0 Å². The summed E-state index contributed by atoms with van der Waals surface area (Å²) in [4.78, 5) is 35.7. The number of ether oxygens (including phenoxy) is 2. The highest BCUT2D eigenvalue weighted by molar-refractivity contribution is 7.47. The number of nitrogens with zero attached hydrogens (tertiary/aromatic N) is 1. The van der Waals surface area contributed by atoms with Crippen LogP contribution in [0.3, 0.4) is 0 Å². The van der Waals surface area contributed by atoms with Crippen molar-refractivity contribution in [2.45, 2.75) is 309 Å². The molecule has 0 aliphatic heterocycles. The van der Waals surface area contributed by atoms with Crippen molar-refractivity contribution in [2.75, 3.05) is 47.5 Å². The first-order valence-electron chi connectivity index (χ1n) is 29.9. The van der Waals surface area contributed by atoms with E-state index < -0.39 is 26.5 Å². The fourth-order valence-electron chi connectivity index (χ4n) is 8.90. The van der Waals surface area contributed by atoms with E-state index in [1.165, 1.54) is 238 Å². The lowest BCUT2D eigenvalue weighted by molar-refractivity contribution is -0.870. The van der Waals surface area contributed by atoms with Gasteiger partial charge in [-0.15, -0.1) is 0 Å². The van der Waals surface area contributed by atoms with Crippen LogP contribution in [0.25, 0.3) is 0 Å². The van der Waals surface area contributed by atoms with Crippen LogP contribution in [0.4, 0.5) is 0 Å². The fourth-order valence-corrected chi connectivity index (χ4v) is 9.64. The Kier molecular flexibility index (Phi) is 50.7. The molecule has 0 rings (SSSR count). The van der Waals surface area contributed by atoms with Crippen LogP contribution in [0.15, 0.2) is 12.2 Å². The van der Waals surface area contributed by atoms with Crippen LogP contribution < -0.4 is 0 Å². The SMILES string of the molecule is CCCCCCCCCC/C=C\CCCCCCCCCCCCCCCCCC(=O)OC(COC(=O)CCCCCCCCCCCCCCCCCCCC)COP(=O)(O)OCC[N+](C)(C)C. The molecule has 0 amide bonds. The van der Waals surface area contributed by atoms with Gasteiger partial charge in [-0.1, -0.05) is 264 Å². The highest BCUT2D eigenvalue weighted by atomic mass is 31.2. The Balaban J connectivity index is 4.08. The smallest absolute Gasteiger partial charge is 0.462 e. The molecule has 0 spiro atoms. The van der Waals surface area contributed by atoms with E-state index >= 15 is 0 Å². The minimum atomic E-state index is -4.38. The fraction of sp³-hybridized carbons (Fsp3) is 0.932. The summed E-state index contributed by atoms with van der Waals surface area (Å²) in [6.45, 7) is 4.50. The Hall–Kier alpha value is -1.25. The van der Waals surface area contributed by atoms with Gasteiger partial charge < -0.3 is 18.9 Å². The van der Waals surface area contributed by atoms with E-state index in [4.69, 9.17) is 18.5 Å². The number of quaternary nitrogens is 1. The van der Waals surface area contributed by atoms with Crippen molar-refractivity contribution in [3.8, 4) is 0 Å². The number of hydrogen-bond donors (Lipinski definition) is 1. The van der Waals surface area contributed by atoms with Gasteiger partial charge in [0.25, 0.3) is 0 Å². The summed E-state index contributed by atoms with van der Waals surface area (Å²) in [6.07, 6.45) is 60.0. The number of carbonyl (C=O) groups excluding carboxylic acids is 2. The van der Waals surface area contributed by atoms with Crippen molar-refractivity contribution in [1.29, 1.82) is 0 Å². The molecular formula is C59H117NO8P+. The van der Waals surface area contributed by atoms with Crippen LogP contribution >= 0.6 is 7.82 Å². The molecule has 9 nitrogen and oxygen atoms in total. The second-order valence-electron chi connectivity index (χ2n) is 21.7. The van der Waals surface area contributed by atoms with Gasteiger partial charge in [-0.25, -0.2) is 4.57 Å². The molecule has 0 aromatic carbocycles. The van der Waals surface area contributed by atoms with Crippen LogP contribution in [-0.4, -0.2) is 74.9 Å². The number of phosphoric ester groups is 1. The van der Waals surface area contributed by atoms with Crippen molar-refractivity contribution in [2.24, 2.45) is 0 Å². The largest absolute Gasteiger partial charge is 0.472 e. The molecule has 10 heteroatoms. The second kappa shape index (κ2) is 51.6. The summed E-state index contributed by atoms with van der Waals surface area (Å²) in [7, 11) is 1.50. The van der Waals surface area contributed by atoms with Gasteiger partial charge in [-0.05, 0) is 38.5 Å². The van der Waals surface area contributed by atoms with E-state index in [1.54, 1.807) is 0 Å². The van der Waals surface area contributed by atoms with Gasteiger partial charge in [-0.3, -0.25) is 18.6 Å². The summed E-state index contributed by atoms with van der Waals surface area (Å²) >= 11 is 0. The second-order valence-corrected chi connectivity index (χ2v) is 23.2. The summed E-state index contributed by atoms with van der Waals surface area (Å²) in [6, 6.07) is 0. The van der Waals surface area contributed by atoms with Gasteiger partial charge >= 0.3 is 19.8 Å². The molecule has 2 atom stereocenters. The van der Waals surface area contributed by atoms with Crippen molar-refractivity contribution in [3.05, 3.63) is 12.2 Å². The third-order valence-electron chi connectivity index (χ3n) is 13.5. The van der Waals surface area contributed by atoms with Crippen LogP contribution in [-0.2, 0) is 32.7 Å². The van der Waals surface area contributed by atoms with E-state index in [0.717, 1.165) is 32.1 Å². The molecule has 0 aromatic rings. The number of rotatable bonds is 56. The van der Waals surface area contributed by atoms with Crippen molar-refractivity contribution < 1.29 is 42.1 Å². The van der Waals surface area contributed by atoms with Gasteiger partial charge in [-0.2, -0.15) is 0 Å². The van der Waals surface area contributed by atoms with Gasteiger partial charge in [0.15, 0.2) is 6.10 Å². The molecule has 410 valence electrons. The Labute approximate surface area is 428 Å². The molecule has 0 aromatic heterocycles. The van der Waals surface area contributed by atoms with Gasteiger partial charge in [0.2, 0.25) is 0 Å². The van der Waals surface area contributed by atoms with Crippen molar-refractivity contribution >= 4 is 19.8 Å². The Morgan fingerprint density at radius 1 is 0.435 bits per heavy atom. The number of unbranched alkanes of at least 4 members (excludes halogenated alkanes) is 40. The predicted octanol–water partition coefficient (Wildman–Crippen LogP) is 18.4. The van der Waals surface area contributed by atoms with Crippen LogP contribution in [0.1, 0.15) is 303 Å². The zero-order valence-corrected chi connectivity index (χ0v) is 47.5. The summed E-state index contributed by atoms with van der Waals surface area (Å²) in [5, 5.41) is 0. The third kappa shape index (κ3) is 55.9. The Morgan fingerprint density at radius 3 is 1.07 bits per heavy atom. The minimum absolute atomic E-state index is 0.0360. The van der Waals surface area contributed by atoms with Gasteiger partial charge in [0, 0.05) is 12.8 Å². The molecular weight excluding hydrogens is 882 g/mol. The normalized spacial score (nSPS) is 13.3. The first kappa shape index (κ1) is 67.8. The Morgan fingerprint density at radius 2 is 0.739 bits per heavy atom. The average Bonchev–Trinajstić information content (AvgIpc) is 3.31. The zero-order valence-electron chi connectivity index (χ0n) is 46.6. The molecule has 0 aliphatic rings. The quantitative estimate of drug-likeness (QED) is 0.0211. The van der Waals surface area contributed by atoms with E-state index in [0.29, 0.717) is 23.9 Å². The summed E-state index contributed by atoms with van der Waals surface area (Å²) in [5.41, 5.74) is 0. The number of esters is 2. The van der Waals surface area contributed by atoms with Crippen LogP contribution in [0.5, 0.6) is 0 Å². The lowest BCUT2D eigenvalue weighted by Gasteiger charge is -2.24. The molecule has 0 saturated heterocycles. The maximum Gasteiger partial charge on any atom is 0.472 e. The van der Waals surface area contributed by atoms with Gasteiger partial charge in [0.05, 0.1) is 27.7 Å².